The number of benzene rings is 2. The van der Waals surface area contributed by atoms with Crippen LogP contribution < -0.4 is 19.1 Å². The van der Waals surface area contributed by atoms with Crippen LogP contribution in [-0.4, -0.2) is 41.8 Å². The van der Waals surface area contributed by atoms with Gasteiger partial charge >= 0.3 is 0 Å². The van der Waals surface area contributed by atoms with Gasteiger partial charge in [0.05, 0.1) is 31.7 Å². The van der Waals surface area contributed by atoms with Gasteiger partial charge in [-0.05, 0) is 30.7 Å². The number of hydrogen-bond donors (Lipinski definition) is 1. The van der Waals surface area contributed by atoms with E-state index in [9.17, 15) is 13.2 Å². The van der Waals surface area contributed by atoms with Crippen LogP contribution in [0.5, 0.6) is 11.5 Å². The molecule has 0 aliphatic heterocycles. The van der Waals surface area contributed by atoms with Crippen LogP contribution in [0, 0.1) is 6.92 Å². The number of carbonyl (C=O) groups is 1. The zero-order valence-electron chi connectivity index (χ0n) is 15.4. The molecule has 0 aliphatic carbocycles. The molecule has 8 heteroatoms. The molecule has 0 saturated heterocycles. The quantitative estimate of drug-likeness (QED) is 0.835. The first kappa shape index (κ1) is 19.6. The summed E-state index contributed by atoms with van der Waals surface area (Å²) in [7, 11) is 0.954. The minimum absolute atomic E-state index is 0.245. The molecule has 2 aromatic rings. The Morgan fingerprint density at radius 3 is 2.23 bits per heavy atom. The van der Waals surface area contributed by atoms with Crippen molar-refractivity contribution in [2.45, 2.75) is 6.92 Å². The first-order valence-corrected chi connectivity index (χ1v) is 9.60. The van der Waals surface area contributed by atoms with E-state index in [1.54, 1.807) is 36.4 Å². The predicted octanol–water partition coefficient (Wildman–Crippen LogP) is 2.66. The van der Waals surface area contributed by atoms with Gasteiger partial charge < -0.3 is 14.8 Å². The molecule has 0 aromatic heterocycles. The second kappa shape index (κ2) is 7.65. The number of rotatable bonds is 6. The van der Waals surface area contributed by atoms with Crippen LogP contribution in [0.3, 0.4) is 0 Å². The van der Waals surface area contributed by atoms with E-state index in [4.69, 9.17) is 9.47 Å². The highest BCUT2D eigenvalue weighted by Crippen LogP contribution is 2.33. The van der Waals surface area contributed by atoms with E-state index < -0.39 is 15.9 Å². The SMILES string of the molecule is COc1cc(C)c(NC(=O)c2ccccc2N(C)S(C)(=O)=O)cc1OC. The lowest BCUT2D eigenvalue weighted by atomic mass is 10.1. The maximum atomic E-state index is 12.8. The largest absolute Gasteiger partial charge is 0.493 e. The summed E-state index contributed by atoms with van der Waals surface area (Å²) in [4.78, 5) is 12.8. The summed E-state index contributed by atoms with van der Waals surface area (Å²) in [6, 6.07) is 9.92. The van der Waals surface area contributed by atoms with E-state index >= 15 is 0 Å². The van der Waals surface area contributed by atoms with Crippen molar-refractivity contribution in [3.63, 3.8) is 0 Å². The molecule has 0 saturated carbocycles. The molecule has 26 heavy (non-hydrogen) atoms. The summed E-state index contributed by atoms with van der Waals surface area (Å²) in [5, 5.41) is 2.80. The van der Waals surface area contributed by atoms with Crippen LogP contribution >= 0.6 is 0 Å². The Kier molecular flexibility index (Phi) is 5.76. The molecule has 0 atom stereocenters. The number of sulfonamides is 1. The number of nitrogens with zero attached hydrogens (tertiary/aromatic N) is 1. The van der Waals surface area contributed by atoms with Crippen LogP contribution in [-0.2, 0) is 10.0 Å². The molecule has 1 amide bonds. The highest BCUT2D eigenvalue weighted by atomic mass is 32.2. The summed E-state index contributed by atoms with van der Waals surface area (Å²) >= 11 is 0. The van der Waals surface area contributed by atoms with Crippen LogP contribution in [0.1, 0.15) is 15.9 Å². The van der Waals surface area contributed by atoms with Crippen molar-refractivity contribution in [1.29, 1.82) is 0 Å². The highest BCUT2D eigenvalue weighted by Gasteiger charge is 2.20. The summed E-state index contributed by atoms with van der Waals surface area (Å²) < 4.78 is 35.2. The molecule has 7 nitrogen and oxygen atoms in total. The Morgan fingerprint density at radius 1 is 1.08 bits per heavy atom. The maximum Gasteiger partial charge on any atom is 0.257 e. The van der Waals surface area contributed by atoms with Gasteiger partial charge in [-0.25, -0.2) is 8.42 Å². The third-order valence-electron chi connectivity index (χ3n) is 3.96. The Bertz CT molecular complexity index is 925. The lowest BCUT2D eigenvalue weighted by Gasteiger charge is -2.20. The molecule has 0 fully saturated rings. The molecule has 2 aromatic carbocycles. The molecule has 0 unspecified atom stereocenters. The lowest BCUT2D eigenvalue weighted by molar-refractivity contribution is 0.102. The maximum absolute atomic E-state index is 12.8. The van der Waals surface area contributed by atoms with Gasteiger partial charge in [0, 0.05) is 18.8 Å². The Morgan fingerprint density at radius 2 is 1.65 bits per heavy atom. The van der Waals surface area contributed by atoms with Crippen LogP contribution in [0.4, 0.5) is 11.4 Å². The van der Waals surface area contributed by atoms with Crippen molar-refractivity contribution in [3.05, 3.63) is 47.5 Å². The van der Waals surface area contributed by atoms with Gasteiger partial charge in [-0.15, -0.1) is 0 Å². The number of anilines is 2. The number of ether oxygens (including phenoxy) is 2. The van der Waals surface area contributed by atoms with Gasteiger partial charge in [-0.2, -0.15) is 0 Å². The molecular formula is C18H22N2O5S. The molecule has 1 N–H and O–H groups in total. The standard InChI is InChI=1S/C18H22N2O5S/c1-12-10-16(24-3)17(25-4)11-14(12)19-18(21)13-8-6-7-9-15(13)20(2)26(5,22)23/h6-11H,1-5H3,(H,19,21). The van der Waals surface area contributed by atoms with Crippen molar-refractivity contribution >= 4 is 27.3 Å². The van der Waals surface area contributed by atoms with Crippen molar-refractivity contribution in [1.82, 2.24) is 0 Å². The topological polar surface area (TPSA) is 84.9 Å². The monoisotopic (exact) mass is 378 g/mol. The number of nitrogens with one attached hydrogen (secondary N) is 1. The number of methoxy groups -OCH3 is 2. The number of carbonyl (C=O) groups excluding carboxylic acids is 1. The third-order valence-corrected chi connectivity index (χ3v) is 5.16. The fourth-order valence-corrected chi connectivity index (χ4v) is 2.94. The minimum atomic E-state index is -3.50. The average Bonchev–Trinajstić information content (AvgIpc) is 2.61. The highest BCUT2D eigenvalue weighted by molar-refractivity contribution is 7.92. The van der Waals surface area contributed by atoms with E-state index in [0.717, 1.165) is 16.1 Å². The fourth-order valence-electron chi connectivity index (χ4n) is 2.42. The molecule has 0 aliphatic rings. The normalized spacial score (nSPS) is 11.0. The van der Waals surface area contributed by atoms with Gasteiger partial charge in [-0.1, -0.05) is 12.1 Å². The number of amides is 1. The van der Waals surface area contributed by atoms with Crippen LogP contribution in [0.2, 0.25) is 0 Å². The van der Waals surface area contributed by atoms with E-state index in [1.165, 1.54) is 21.3 Å². The van der Waals surface area contributed by atoms with E-state index in [-0.39, 0.29) is 5.56 Å². The number of aryl methyl sites for hydroxylation is 1. The first-order valence-electron chi connectivity index (χ1n) is 7.76. The minimum Gasteiger partial charge on any atom is -0.493 e. The Hall–Kier alpha value is -2.74. The summed E-state index contributed by atoms with van der Waals surface area (Å²) in [5.41, 5.74) is 1.87. The van der Waals surface area contributed by atoms with E-state index in [2.05, 4.69) is 5.32 Å². The number of hydrogen-bond acceptors (Lipinski definition) is 5. The van der Waals surface area contributed by atoms with Gasteiger partial charge in [0.2, 0.25) is 10.0 Å². The molecule has 140 valence electrons. The number of para-hydroxylation sites is 1. The van der Waals surface area contributed by atoms with Crippen LogP contribution in [0.15, 0.2) is 36.4 Å². The molecule has 0 bridgehead atoms. The van der Waals surface area contributed by atoms with Gasteiger partial charge in [0.1, 0.15) is 0 Å². The summed E-state index contributed by atoms with van der Waals surface area (Å²) in [6.07, 6.45) is 1.08. The van der Waals surface area contributed by atoms with Crippen LogP contribution in [0.25, 0.3) is 0 Å². The second-order valence-electron chi connectivity index (χ2n) is 5.72. The smallest absolute Gasteiger partial charge is 0.257 e. The van der Waals surface area contributed by atoms with Gasteiger partial charge in [0.25, 0.3) is 5.91 Å². The zero-order valence-corrected chi connectivity index (χ0v) is 16.2. The van der Waals surface area contributed by atoms with Crippen molar-refractivity contribution in [3.8, 4) is 11.5 Å². The van der Waals surface area contributed by atoms with Gasteiger partial charge in [0.15, 0.2) is 11.5 Å². The zero-order chi connectivity index (χ0) is 19.5. The summed E-state index contributed by atoms with van der Waals surface area (Å²) in [6.45, 7) is 1.83. The Labute approximate surface area is 153 Å². The average molecular weight is 378 g/mol. The van der Waals surface area contributed by atoms with Crippen molar-refractivity contribution in [2.75, 3.05) is 37.1 Å². The van der Waals surface area contributed by atoms with Gasteiger partial charge in [-0.3, -0.25) is 9.10 Å². The lowest BCUT2D eigenvalue weighted by Crippen LogP contribution is -2.27. The van der Waals surface area contributed by atoms with Crippen molar-refractivity contribution < 1.29 is 22.7 Å². The molecule has 0 spiro atoms. The fraction of sp³-hybridized carbons (Fsp3) is 0.278. The Balaban J connectivity index is 2.41. The van der Waals surface area contributed by atoms with E-state index in [0.29, 0.717) is 22.9 Å². The molecular weight excluding hydrogens is 356 g/mol. The van der Waals surface area contributed by atoms with Crippen molar-refractivity contribution in [2.24, 2.45) is 0 Å². The molecule has 0 heterocycles. The second-order valence-corrected chi connectivity index (χ2v) is 7.74. The third kappa shape index (κ3) is 4.08. The molecule has 0 radical (unpaired) electrons. The first-order chi connectivity index (χ1) is 12.2. The molecule has 2 rings (SSSR count). The van der Waals surface area contributed by atoms with E-state index in [1.807, 2.05) is 6.92 Å². The summed E-state index contributed by atoms with van der Waals surface area (Å²) in [5.74, 6) is 0.613. The predicted molar refractivity (Wildman–Crippen MR) is 102 cm³/mol.